The van der Waals surface area contributed by atoms with Crippen LogP contribution in [0.4, 0.5) is 0 Å². The lowest BCUT2D eigenvalue weighted by molar-refractivity contribution is 0.0385. The lowest BCUT2D eigenvalue weighted by atomic mass is 10.1. The Labute approximate surface area is 118 Å². The van der Waals surface area contributed by atoms with Crippen LogP contribution in [0.2, 0.25) is 0 Å². The van der Waals surface area contributed by atoms with E-state index in [2.05, 4.69) is 17.0 Å². The van der Waals surface area contributed by atoms with E-state index in [1.165, 1.54) is 0 Å². The van der Waals surface area contributed by atoms with Gasteiger partial charge in [-0.2, -0.15) is 5.10 Å². The Hall–Kier alpha value is -1.88. The number of Topliss-reactive ketones (excluding diaryl/α,β-unsaturated/α-hetero) is 1. The number of nitrogens with zero attached hydrogens (tertiary/aromatic N) is 3. The lowest BCUT2D eigenvalue weighted by Gasteiger charge is -2.35. The molecule has 0 aliphatic carbocycles. The molecule has 0 amide bonds. The molecule has 2 aromatic rings. The summed E-state index contributed by atoms with van der Waals surface area (Å²) in [7, 11) is 2.07. The molecular weight excluding hydrogens is 254 g/mol. The van der Waals surface area contributed by atoms with Gasteiger partial charge in [0.05, 0.1) is 23.5 Å². The van der Waals surface area contributed by atoms with Gasteiger partial charge in [-0.1, -0.05) is 6.92 Å². The maximum absolute atomic E-state index is 12.0. The average Bonchev–Trinajstić information content (AvgIpc) is 2.80. The van der Waals surface area contributed by atoms with Gasteiger partial charge in [0, 0.05) is 19.5 Å². The summed E-state index contributed by atoms with van der Waals surface area (Å²) in [6.45, 7) is 3.92. The number of carbonyl (C=O) groups excluding carboxylic acids is 1. The Morgan fingerprint density at radius 1 is 1.45 bits per heavy atom. The van der Waals surface area contributed by atoms with E-state index >= 15 is 0 Å². The first-order chi connectivity index (χ1) is 9.67. The van der Waals surface area contributed by atoms with Crippen LogP contribution in [0.5, 0.6) is 5.75 Å². The minimum Gasteiger partial charge on any atom is -0.486 e. The molecule has 1 aliphatic heterocycles. The third kappa shape index (κ3) is 2.41. The van der Waals surface area contributed by atoms with Crippen LogP contribution in [0, 0.1) is 0 Å². The van der Waals surface area contributed by atoms with E-state index in [9.17, 15) is 4.79 Å². The van der Waals surface area contributed by atoms with Gasteiger partial charge >= 0.3 is 0 Å². The number of ether oxygens (including phenoxy) is 1. The van der Waals surface area contributed by atoms with Crippen LogP contribution in [0.25, 0.3) is 5.52 Å². The molecule has 0 radical (unpaired) electrons. The molecule has 1 saturated heterocycles. The second kappa shape index (κ2) is 5.25. The molecule has 5 heteroatoms. The molecule has 0 aromatic carbocycles. The van der Waals surface area contributed by atoms with Crippen LogP contribution in [0.15, 0.2) is 24.5 Å². The standard InChI is InChI=1S/C15H19N3O2/c1-3-4-15(19)13-7-16-18-10-11(5-6-14(13)18)20-12-8-17(2)9-12/h5-7,10,12H,3-4,8-9H2,1-2H3. The molecule has 0 N–H and O–H groups in total. The number of aromatic nitrogens is 2. The summed E-state index contributed by atoms with van der Waals surface area (Å²) in [6, 6.07) is 3.83. The summed E-state index contributed by atoms with van der Waals surface area (Å²) in [4.78, 5) is 14.2. The molecule has 1 aliphatic rings. The minimum absolute atomic E-state index is 0.150. The number of pyridine rings is 1. The van der Waals surface area contributed by atoms with E-state index in [1.807, 2.05) is 25.3 Å². The SMILES string of the molecule is CCCC(=O)c1cnn2cc(OC3CN(C)C3)ccc12. The number of hydrogen-bond donors (Lipinski definition) is 0. The molecule has 0 unspecified atom stereocenters. The molecular formula is C15H19N3O2. The van der Waals surface area contributed by atoms with E-state index in [-0.39, 0.29) is 11.9 Å². The topological polar surface area (TPSA) is 46.8 Å². The summed E-state index contributed by atoms with van der Waals surface area (Å²) in [5.41, 5.74) is 1.54. The fraction of sp³-hybridized carbons (Fsp3) is 0.467. The van der Waals surface area contributed by atoms with Crippen molar-refractivity contribution in [3.05, 3.63) is 30.1 Å². The Balaban J connectivity index is 1.80. The van der Waals surface area contributed by atoms with Crippen molar-refractivity contribution < 1.29 is 9.53 Å². The van der Waals surface area contributed by atoms with Crippen molar-refractivity contribution in [2.75, 3.05) is 20.1 Å². The molecule has 0 atom stereocenters. The summed E-state index contributed by atoms with van der Waals surface area (Å²) >= 11 is 0. The van der Waals surface area contributed by atoms with Gasteiger partial charge in [-0.3, -0.25) is 9.69 Å². The normalized spacial score (nSPS) is 16.3. The average molecular weight is 273 g/mol. The maximum atomic E-state index is 12.0. The van der Waals surface area contributed by atoms with Crippen LogP contribution in [-0.2, 0) is 0 Å². The van der Waals surface area contributed by atoms with Gasteiger partial charge in [-0.05, 0) is 25.6 Å². The van der Waals surface area contributed by atoms with Gasteiger partial charge in [0.25, 0.3) is 0 Å². The van der Waals surface area contributed by atoms with Gasteiger partial charge in [0.2, 0.25) is 0 Å². The summed E-state index contributed by atoms with van der Waals surface area (Å²) < 4.78 is 7.58. The minimum atomic E-state index is 0.150. The predicted molar refractivity (Wildman–Crippen MR) is 76.3 cm³/mol. The molecule has 106 valence electrons. The van der Waals surface area contributed by atoms with Gasteiger partial charge in [-0.25, -0.2) is 4.52 Å². The van der Waals surface area contributed by atoms with E-state index in [4.69, 9.17) is 4.74 Å². The Kier molecular flexibility index (Phi) is 3.44. The number of hydrogen-bond acceptors (Lipinski definition) is 4. The fourth-order valence-corrected chi connectivity index (χ4v) is 2.52. The summed E-state index contributed by atoms with van der Waals surface area (Å²) in [5.74, 6) is 0.949. The zero-order chi connectivity index (χ0) is 14.1. The van der Waals surface area contributed by atoms with Crippen molar-refractivity contribution in [2.24, 2.45) is 0 Å². The van der Waals surface area contributed by atoms with E-state index in [0.717, 1.165) is 30.8 Å². The Morgan fingerprint density at radius 3 is 2.95 bits per heavy atom. The lowest BCUT2D eigenvalue weighted by Crippen LogP contribution is -2.51. The number of fused-ring (bicyclic) bond motifs is 1. The van der Waals surface area contributed by atoms with Crippen LogP contribution in [-0.4, -0.2) is 46.5 Å². The van der Waals surface area contributed by atoms with Crippen LogP contribution < -0.4 is 4.74 Å². The quantitative estimate of drug-likeness (QED) is 0.782. The molecule has 0 spiro atoms. The third-order valence-electron chi connectivity index (χ3n) is 3.60. The molecule has 0 bridgehead atoms. The highest BCUT2D eigenvalue weighted by Gasteiger charge is 2.25. The number of likely N-dealkylation sites (tertiary alicyclic amines) is 1. The monoisotopic (exact) mass is 273 g/mol. The molecule has 5 nitrogen and oxygen atoms in total. The summed E-state index contributed by atoms with van der Waals surface area (Å²) in [5, 5.41) is 4.25. The first-order valence-corrected chi connectivity index (χ1v) is 7.03. The molecule has 1 fully saturated rings. The molecule has 3 heterocycles. The second-order valence-corrected chi connectivity index (χ2v) is 5.39. The largest absolute Gasteiger partial charge is 0.486 e. The number of carbonyl (C=O) groups is 1. The van der Waals surface area contributed by atoms with E-state index in [0.29, 0.717) is 12.0 Å². The van der Waals surface area contributed by atoms with Crippen molar-refractivity contribution in [3.8, 4) is 5.75 Å². The summed E-state index contributed by atoms with van der Waals surface area (Å²) in [6.07, 6.45) is 5.17. The maximum Gasteiger partial charge on any atom is 0.166 e. The van der Waals surface area contributed by atoms with Crippen LogP contribution in [0.1, 0.15) is 30.1 Å². The highest BCUT2D eigenvalue weighted by Crippen LogP contribution is 2.20. The first kappa shape index (κ1) is 13.1. The second-order valence-electron chi connectivity index (χ2n) is 5.39. The van der Waals surface area contributed by atoms with E-state index in [1.54, 1.807) is 10.7 Å². The van der Waals surface area contributed by atoms with Crippen molar-refractivity contribution >= 4 is 11.3 Å². The molecule has 20 heavy (non-hydrogen) atoms. The third-order valence-corrected chi connectivity index (χ3v) is 3.60. The van der Waals surface area contributed by atoms with Gasteiger partial charge < -0.3 is 4.74 Å². The Morgan fingerprint density at radius 2 is 2.25 bits per heavy atom. The van der Waals surface area contributed by atoms with E-state index < -0.39 is 0 Å². The molecule has 3 rings (SSSR count). The molecule has 2 aromatic heterocycles. The predicted octanol–water partition coefficient (Wildman–Crippen LogP) is 2.01. The van der Waals surface area contributed by atoms with Crippen molar-refractivity contribution in [2.45, 2.75) is 25.9 Å². The zero-order valence-corrected chi connectivity index (χ0v) is 11.9. The first-order valence-electron chi connectivity index (χ1n) is 7.03. The zero-order valence-electron chi connectivity index (χ0n) is 11.9. The number of rotatable bonds is 5. The van der Waals surface area contributed by atoms with Crippen molar-refractivity contribution in [1.29, 1.82) is 0 Å². The highest BCUT2D eigenvalue weighted by molar-refractivity contribution is 6.02. The van der Waals surface area contributed by atoms with Gasteiger partial charge in [0.15, 0.2) is 5.78 Å². The van der Waals surface area contributed by atoms with Gasteiger partial charge in [0.1, 0.15) is 11.9 Å². The number of likely N-dealkylation sites (N-methyl/N-ethyl adjacent to an activating group) is 1. The van der Waals surface area contributed by atoms with Gasteiger partial charge in [-0.15, -0.1) is 0 Å². The van der Waals surface area contributed by atoms with Crippen LogP contribution in [0.3, 0.4) is 0 Å². The molecule has 0 saturated carbocycles. The van der Waals surface area contributed by atoms with Crippen molar-refractivity contribution in [1.82, 2.24) is 14.5 Å². The smallest absolute Gasteiger partial charge is 0.166 e. The van der Waals surface area contributed by atoms with Crippen molar-refractivity contribution in [3.63, 3.8) is 0 Å². The number of ketones is 1. The highest BCUT2D eigenvalue weighted by atomic mass is 16.5. The Bertz CT molecular complexity index is 629. The fourth-order valence-electron chi connectivity index (χ4n) is 2.52. The van der Waals surface area contributed by atoms with Crippen LogP contribution >= 0.6 is 0 Å².